The number of hydrogen-bond donors (Lipinski definition) is 0. The molecule has 0 aromatic heterocycles. The van der Waals surface area contributed by atoms with Gasteiger partial charge in [0.25, 0.3) is 0 Å². The summed E-state index contributed by atoms with van der Waals surface area (Å²) >= 11 is 0. The maximum atomic E-state index is 12.0. The molecule has 4 heteroatoms. The third-order valence-electron chi connectivity index (χ3n) is 9.12. The molecule has 0 radical (unpaired) electrons. The van der Waals surface area contributed by atoms with Gasteiger partial charge in [-0.3, -0.25) is 9.59 Å². The molecule has 162 valence electrons. The first-order chi connectivity index (χ1) is 13.8. The predicted octanol–water partition coefficient (Wildman–Crippen LogP) is 5.59. The van der Waals surface area contributed by atoms with Gasteiger partial charge in [-0.05, 0) is 68.1 Å². The fourth-order valence-electron chi connectivity index (χ4n) is 7.38. The molecule has 4 nitrogen and oxygen atoms in total. The Morgan fingerprint density at radius 3 is 2.41 bits per heavy atom. The van der Waals surface area contributed by atoms with Crippen molar-refractivity contribution in [2.45, 2.75) is 104 Å². The van der Waals surface area contributed by atoms with Crippen LogP contribution in [-0.4, -0.2) is 24.1 Å². The van der Waals surface area contributed by atoms with Crippen molar-refractivity contribution in [3.05, 3.63) is 11.6 Å². The van der Waals surface area contributed by atoms with Gasteiger partial charge in [-0.15, -0.1) is 0 Å². The van der Waals surface area contributed by atoms with E-state index in [1.807, 2.05) is 13.8 Å². The van der Waals surface area contributed by atoms with Gasteiger partial charge in [0, 0.05) is 24.7 Å². The Morgan fingerprint density at radius 2 is 1.69 bits per heavy atom. The molecule has 0 saturated heterocycles. The average molecular weight is 403 g/mol. The third kappa shape index (κ3) is 3.45. The summed E-state index contributed by atoms with van der Waals surface area (Å²) in [4.78, 5) is 23.7. The number of ether oxygens (including phenoxy) is 2. The molecular formula is C25H38O4. The van der Waals surface area contributed by atoms with Crippen LogP contribution in [0.3, 0.4) is 0 Å². The van der Waals surface area contributed by atoms with Crippen molar-refractivity contribution in [2.24, 2.45) is 28.6 Å². The zero-order valence-electron chi connectivity index (χ0n) is 18.7. The quantitative estimate of drug-likeness (QED) is 0.454. The van der Waals surface area contributed by atoms with Crippen molar-refractivity contribution in [1.82, 2.24) is 0 Å². The van der Waals surface area contributed by atoms with Crippen LogP contribution in [0.1, 0.15) is 91.9 Å². The largest absolute Gasteiger partial charge is 0.462 e. The molecule has 0 heterocycles. The number of carbonyl (C=O) groups is 2. The summed E-state index contributed by atoms with van der Waals surface area (Å²) in [6.45, 7) is 8.61. The maximum absolute atomic E-state index is 12.0. The zero-order valence-corrected chi connectivity index (χ0v) is 18.7. The van der Waals surface area contributed by atoms with Crippen LogP contribution in [0.5, 0.6) is 0 Å². The molecule has 3 fully saturated rings. The van der Waals surface area contributed by atoms with Gasteiger partial charge in [-0.25, -0.2) is 0 Å². The van der Waals surface area contributed by atoms with Crippen LogP contribution >= 0.6 is 0 Å². The molecule has 4 rings (SSSR count). The Hall–Kier alpha value is -1.32. The van der Waals surface area contributed by atoms with Gasteiger partial charge in [0.1, 0.15) is 12.2 Å². The number of carbonyl (C=O) groups excluding carboxylic acids is 2. The zero-order chi connectivity index (χ0) is 20.8. The molecule has 4 aliphatic rings. The Morgan fingerprint density at radius 1 is 0.966 bits per heavy atom. The second-order valence-corrected chi connectivity index (χ2v) is 10.4. The number of esters is 2. The van der Waals surface area contributed by atoms with E-state index in [1.165, 1.54) is 18.4 Å². The Labute approximate surface area is 175 Å². The van der Waals surface area contributed by atoms with Crippen LogP contribution in [0.4, 0.5) is 0 Å². The number of allylic oxidation sites excluding steroid dienone is 1. The molecule has 0 unspecified atom stereocenters. The van der Waals surface area contributed by atoms with Crippen molar-refractivity contribution in [1.29, 1.82) is 0 Å². The first-order valence-corrected chi connectivity index (χ1v) is 11.9. The van der Waals surface area contributed by atoms with E-state index < -0.39 is 0 Å². The minimum absolute atomic E-state index is 0.0447. The minimum atomic E-state index is -0.0695. The second-order valence-electron chi connectivity index (χ2n) is 10.4. The maximum Gasteiger partial charge on any atom is 0.305 e. The van der Waals surface area contributed by atoms with Crippen LogP contribution in [0, 0.1) is 28.6 Å². The fraction of sp³-hybridized carbons (Fsp3) is 0.840. The highest BCUT2D eigenvalue weighted by Crippen LogP contribution is 2.65. The average Bonchev–Trinajstić information content (AvgIpc) is 3.04. The van der Waals surface area contributed by atoms with Crippen LogP contribution in [-0.2, 0) is 19.1 Å². The highest BCUT2D eigenvalue weighted by molar-refractivity contribution is 5.69. The van der Waals surface area contributed by atoms with Crippen LogP contribution in [0.2, 0.25) is 0 Å². The summed E-state index contributed by atoms with van der Waals surface area (Å²) in [6.07, 6.45) is 12.4. The minimum Gasteiger partial charge on any atom is -0.462 e. The molecule has 0 aliphatic heterocycles. The lowest BCUT2D eigenvalue weighted by Gasteiger charge is -2.57. The Kier molecular flexibility index (Phi) is 5.59. The van der Waals surface area contributed by atoms with Gasteiger partial charge in [-0.2, -0.15) is 0 Å². The predicted molar refractivity (Wildman–Crippen MR) is 112 cm³/mol. The van der Waals surface area contributed by atoms with Crippen molar-refractivity contribution in [2.75, 3.05) is 0 Å². The summed E-state index contributed by atoms with van der Waals surface area (Å²) < 4.78 is 11.6. The van der Waals surface area contributed by atoms with Gasteiger partial charge >= 0.3 is 11.9 Å². The van der Waals surface area contributed by atoms with E-state index in [0.29, 0.717) is 30.6 Å². The molecular weight excluding hydrogens is 364 g/mol. The Balaban J connectivity index is 1.51. The highest BCUT2D eigenvalue weighted by atomic mass is 16.5. The first-order valence-electron chi connectivity index (χ1n) is 11.9. The van der Waals surface area contributed by atoms with E-state index in [1.54, 1.807) is 0 Å². The second kappa shape index (κ2) is 7.74. The van der Waals surface area contributed by atoms with Gasteiger partial charge in [-0.1, -0.05) is 39.3 Å². The lowest BCUT2D eigenvalue weighted by atomic mass is 9.48. The van der Waals surface area contributed by atoms with Gasteiger partial charge in [0.05, 0.1) is 0 Å². The van der Waals surface area contributed by atoms with E-state index >= 15 is 0 Å². The van der Waals surface area contributed by atoms with Crippen LogP contribution in [0.15, 0.2) is 11.6 Å². The smallest absolute Gasteiger partial charge is 0.305 e. The molecule has 0 amide bonds. The van der Waals surface area contributed by atoms with Crippen molar-refractivity contribution >= 4 is 11.9 Å². The van der Waals surface area contributed by atoms with Crippen LogP contribution < -0.4 is 0 Å². The first kappa shape index (κ1) is 20.9. The molecule has 0 aromatic rings. The molecule has 0 aromatic carbocycles. The number of fused-ring (bicyclic) bond motifs is 5. The molecule has 0 N–H and O–H groups in total. The van der Waals surface area contributed by atoms with Gasteiger partial charge < -0.3 is 9.47 Å². The summed E-state index contributed by atoms with van der Waals surface area (Å²) in [5.41, 5.74) is 1.92. The summed E-state index contributed by atoms with van der Waals surface area (Å²) in [6, 6.07) is 0. The monoisotopic (exact) mass is 402 g/mol. The van der Waals surface area contributed by atoms with E-state index in [0.717, 1.165) is 38.5 Å². The van der Waals surface area contributed by atoms with Crippen molar-refractivity contribution in [3.8, 4) is 0 Å². The summed E-state index contributed by atoms with van der Waals surface area (Å²) in [5, 5.41) is 0. The lowest BCUT2D eigenvalue weighted by Crippen LogP contribution is -2.51. The molecule has 0 bridgehead atoms. The topological polar surface area (TPSA) is 52.6 Å². The number of rotatable bonds is 4. The number of hydrogen-bond acceptors (Lipinski definition) is 4. The van der Waals surface area contributed by atoms with E-state index in [-0.39, 0.29) is 35.0 Å². The van der Waals surface area contributed by atoms with E-state index in [9.17, 15) is 9.59 Å². The highest BCUT2D eigenvalue weighted by Gasteiger charge is 2.59. The van der Waals surface area contributed by atoms with Gasteiger partial charge in [0.15, 0.2) is 0 Å². The molecule has 29 heavy (non-hydrogen) atoms. The van der Waals surface area contributed by atoms with Crippen LogP contribution in [0.25, 0.3) is 0 Å². The van der Waals surface area contributed by atoms with Crippen molar-refractivity contribution in [3.63, 3.8) is 0 Å². The SMILES string of the molecule is CCC(=O)O[C@H]1CC[C@@]2(C)C(=CC[C@H]3[C@@H]4CC[C@@H](OC(=O)CC)[C@@]4(C)CC[C@@H]32)C1. The lowest BCUT2D eigenvalue weighted by molar-refractivity contribution is -0.159. The standard InChI is InChI=1S/C25H38O4/c1-5-22(26)28-17-11-13-24(3)16(15-17)7-8-18-19-9-10-21(29-23(27)6-2)25(19,4)14-12-20(18)24/h7,17-21H,5-6,8-15H2,1-4H3/t17-,18-,19-,20-,21+,24-,25-/m0/s1. The van der Waals surface area contributed by atoms with E-state index in [4.69, 9.17) is 9.47 Å². The Bertz CT molecular complexity index is 697. The normalized spacial score (nSPS) is 43.4. The molecule has 0 spiro atoms. The fourth-order valence-corrected chi connectivity index (χ4v) is 7.38. The summed E-state index contributed by atoms with van der Waals surface area (Å²) in [5.74, 6) is 1.95. The van der Waals surface area contributed by atoms with Gasteiger partial charge in [0.2, 0.25) is 0 Å². The third-order valence-corrected chi connectivity index (χ3v) is 9.12. The summed E-state index contributed by atoms with van der Waals surface area (Å²) in [7, 11) is 0. The molecule has 3 saturated carbocycles. The molecule has 4 aliphatic carbocycles. The molecule has 7 atom stereocenters. The van der Waals surface area contributed by atoms with Crippen molar-refractivity contribution < 1.29 is 19.1 Å². The van der Waals surface area contributed by atoms with E-state index in [2.05, 4.69) is 19.9 Å².